The Morgan fingerprint density at radius 1 is 1.32 bits per heavy atom. The first-order valence-electron chi connectivity index (χ1n) is 9.81. The maximum Gasteiger partial charge on any atom is 0.255 e. The smallest absolute Gasteiger partial charge is 0.255 e. The number of amides is 1. The number of nitrogens with one attached hydrogen (secondary N) is 1. The standard InChI is InChI=1S/C20H29N3O5/c1-13(24)3-2-5-23-6-4-14(17(25)12-23)11-22-20(26)16-9-15(21)10-18-19(16)28-8-7-27-18/h9-10,14,17,25H,2-8,11-12,21H2,1H3,(H,22,26)/t14-,17+/m0/s1. The number of ether oxygens (including phenoxy) is 2. The van der Waals surface area contributed by atoms with Gasteiger partial charge in [-0.15, -0.1) is 0 Å². The monoisotopic (exact) mass is 391 g/mol. The summed E-state index contributed by atoms with van der Waals surface area (Å²) in [5, 5.41) is 13.3. The highest BCUT2D eigenvalue weighted by molar-refractivity contribution is 5.99. The number of carbonyl (C=O) groups excluding carboxylic acids is 2. The first-order valence-corrected chi connectivity index (χ1v) is 9.81. The van der Waals surface area contributed by atoms with E-state index in [0.29, 0.717) is 55.5 Å². The highest BCUT2D eigenvalue weighted by Crippen LogP contribution is 2.36. The van der Waals surface area contributed by atoms with Gasteiger partial charge in [0.2, 0.25) is 0 Å². The number of fused-ring (bicyclic) bond motifs is 1. The number of ketones is 1. The lowest BCUT2D eigenvalue weighted by Gasteiger charge is -2.36. The highest BCUT2D eigenvalue weighted by Gasteiger charge is 2.29. The molecule has 1 amide bonds. The average Bonchev–Trinajstić information content (AvgIpc) is 2.66. The van der Waals surface area contributed by atoms with Crippen LogP contribution in [-0.2, 0) is 4.79 Å². The Balaban J connectivity index is 1.52. The van der Waals surface area contributed by atoms with Crippen LogP contribution in [0, 0.1) is 5.92 Å². The molecule has 1 fully saturated rings. The van der Waals surface area contributed by atoms with E-state index in [9.17, 15) is 14.7 Å². The first-order chi connectivity index (χ1) is 13.4. The topological polar surface area (TPSA) is 114 Å². The van der Waals surface area contributed by atoms with Crippen LogP contribution in [0.25, 0.3) is 0 Å². The fourth-order valence-corrected chi connectivity index (χ4v) is 3.70. The summed E-state index contributed by atoms with van der Waals surface area (Å²) in [7, 11) is 0. The van der Waals surface area contributed by atoms with Gasteiger partial charge in [0, 0.05) is 37.2 Å². The molecule has 1 aromatic rings. The first kappa shape index (κ1) is 20.4. The highest BCUT2D eigenvalue weighted by atomic mass is 16.6. The zero-order valence-corrected chi connectivity index (χ0v) is 16.3. The summed E-state index contributed by atoms with van der Waals surface area (Å²) >= 11 is 0. The van der Waals surface area contributed by atoms with E-state index >= 15 is 0 Å². The number of nitrogens with zero attached hydrogens (tertiary/aromatic N) is 1. The molecule has 0 unspecified atom stereocenters. The molecule has 0 saturated carbocycles. The number of β-amino-alcohol motifs (C(OH)–C–C–N with tert-alkyl or cyclic N) is 1. The van der Waals surface area contributed by atoms with Crippen molar-refractivity contribution in [2.24, 2.45) is 5.92 Å². The third kappa shape index (κ3) is 5.14. The molecular formula is C20H29N3O5. The number of Topliss-reactive ketones (excluding diaryl/α,β-unsaturated/α-hetero) is 1. The van der Waals surface area contributed by atoms with Crippen molar-refractivity contribution >= 4 is 17.4 Å². The number of nitrogens with two attached hydrogens (primary N) is 1. The van der Waals surface area contributed by atoms with E-state index in [2.05, 4.69) is 10.2 Å². The Labute approximate surface area is 165 Å². The molecule has 2 aliphatic rings. The van der Waals surface area contributed by atoms with Crippen LogP contribution < -0.4 is 20.5 Å². The number of benzene rings is 1. The number of hydrogen-bond acceptors (Lipinski definition) is 7. The van der Waals surface area contributed by atoms with Crippen molar-refractivity contribution in [2.45, 2.75) is 32.3 Å². The third-order valence-electron chi connectivity index (χ3n) is 5.24. The minimum Gasteiger partial charge on any atom is -0.486 e. The second-order valence-corrected chi connectivity index (χ2v) is 7.52. The number of aliphatic hydroxyl groups excluding tert-OH is 1. The van der Waals surface area contributed by atoms with Gasteiger partial charge in [0.15, 0.2) is 11.5 Å². The van der Waals surface area contributed by atoms with Gasteiger partial charge in [-0.3, -0.25) is 4.79 Å². The Bertz CT molecular complexity index is 724. The molecular weight excluding hydrogens is 362 g/mol. The molecule has 4 N–H and O–H groups in total. The Morgan fingerprint density at radius 3 is 2.86 bits per heavy atom. The van der Waals surface area contributed by atoms with Crippen molar-refractivity contribution in [1.82, 2.24) is 10.2 Å². The predicted molar refractivity (Wildman–Crippen MR) is 105 cm³/mol. The van der Waals surface area contributed by atoms with Gasteiger partial charge in [0.1, 0.15) is 19.0 Å². The van der Waals surface area contributed by atoms with Gasteiger partial charge in [-0.2, -0.15) is 0 Å². The van der Waals surface area contributed by atoms with E-state index in [0.717, 1.165) is 25.9 Å². The Morgan fingerprint density at radius 2 is 2.11 bits per heavy atom. The van der Waals surface area contributed by atoms with Gasteiger partial charge >= 0.3 is 0 Å². The number of likely N-dealkylation sites (tertiary alicyclic amines) is 1. The second-order valence-electron chi connectivity index (χ2n) is 7.52. The van der Waals surface area contributed by atoms with Crippen molar-refractivity contribution in [2.75, 3.05) is 45.1 Å². The zero-order chi connectivity index (χ0) is 20.1. The van der Waals surface area contributed by atoms with Crippen LogP contribution in [-0.4, -0.2) is 67.2 Å². The molecule has 2 aliphatic heterocycles. The fraction of sp³-hybridized carbons (Fsp3) is 0.600. The SMILES string of the molecule is CC(=O)CCCN1CC[C@@H](CNC(=O)c2cc(N)cc3c2OCCO3)[C@H](O)C1. The van der Waals surface area contributed by atoms with Gasteiger partial charge < -0.3 is 35.3 Å². The van der Waals surface area contributed by atoms with Crippen molar-refractivity contribution < 1.29 is 24.2 Å². The molecule has 8 heteroatoms. The molecule has 3 rings (SSSR count). The third-order valence-corrected chi connectivity index (χ3v) is 5.24. The van der Waals surface area contributed by atoms with Crippen LogP contribution >= 0.6 is 0 Å². The quantitative estimate of drug-likeness (QED) is 0.590. The minimum absolute atomic E-state index is 0.0120. The normalized spacial score (nSPS) is 21.9. The van der Waals surface area contributed by atoms with Gasteiger partial charge in [0.05, 0.1) is 11.7 Å². The largest absolute Gasteiger partial charge is 0.486 e. The Hall–Kier alpha value is -2.32. The van der Waals surface area contributed by atoms with Gasteiger partial charge in [-0.05, 0) is 38.9 Å². The summed E-state index contributed by atoms with van der Waals surface area (Å²) in [6.07, 6.45) is 1.66. The summed E-state index contributed by atoms with van der Waals surface area (Å²) in [6.45, 7) is 5.00. The lowest BCUT2D eigenvalue weighted by molar-refractivity contribution is -0.117. The number of nitrogen functional groups attached to an aromatic ring is 1. The van der Waals surface area contributed by atoms with Gasteiger partial charge in [-0.1, -0.05) is 0 Å². The van der Waals surface area contributed by atoms with Crippen LogP contribution in [0.15, 0.2) is 12.1 Å². The summed E-state index contributed by atoms with van der Waals surface area (Å²) in [4.78, 5) is 25.9. The van der Waals surface area contributed by atoms with Crippen molar-refractivity contribution in [3.8, 4) is 11.5 Å². The molecule has 1 saturated heterocycles. The second kappa shape index (κ2) is 9.25. The summed E-state index contributed by atoms with van der Waals surface area (Å²) in [5.74, 6) is 0.789. The van der Waals surface area contributed by atoms with E-state index in [-0.39, 0.29) is 17.6 Å². The zero-order valence-electron chi connectivity index (χ0n) is 16.3. The van der Waals surface area contributed by atoms with E-state index < -0.39 is 6.10 Å². The van der Waals surface area contributed by atoms with Crippen LogP contribution in [0.5, 0.6) is 11.5 Å². The predicted octanol–water partition coefficient (Wildman–Crippen LogP) is 0.822. The van der Waals surface area contributed by atoms with Crippen molar-refractivity contribution in [3.05, 3.63) is 17.7 Å². The summed E-state index contributed by atoms with van der Waals surface area (Å²) in [5.41, 5.74) is 6.66. The van der Waals surface area contributed by atoms with Crippen molar-refractivity contribution in [3.63, 3.8) is 0 Å². The number of rotatable bonds is 7. The molecule has 8 nitrogen and oxygen atoms in total. The lowest BCUT2D eigenvalue weighted by Crippen LogP contribution is -2.47. The maximum absolute atomic E-state index is 12.7. The fourth-order valence-electron chi connectivity index (χ4n) is 3.70. The number of hydrogen-bond donors (Lipinski definition) is 3. The molecule has 154 valence electrons. The average molecular weight is 391 g/mol. The molecule has 0 radical (unpaired) electrons. The minimum atomic E-state index is -0.513. The van der Waals surface area contributed by atoms with E-state index in [1.54, 1.807) is 19.1 Å². The molecule has 0 bridgehead atoms. The molecule has 2 heterocycles. The van der Waals surface area contributed by atoms with Crippen LogP contribution in [0.2, 0.25) is 0 Å². The van der Waals surface area contributed by atoms with Crippen molar-refractivity contribution in [1.29, 1.82) is 0 Å². The van der Waals surface area contributed by atoms with Gasteiger partial charge in [0.25, 0.3) is 5.91 Å². The summed E-state index contributed by atoms with van der Waals surface area (Å²) in [6, 6.07) is 3.23. The summed E-state index contributed by atoms with van der Waals surface area (Å²) < 4.78 is 11.1. The number of piperidine rings is 1. The molecule has 28 heavy (non-hydrogen) atoms. The number of anilines is 1. The van der Waals surface area contributed by atoms with E-state index in [1.165, 1.54) is 0 Å². The molecule has 0 aliphatic carbocycles. The number of aliphatic hydroxyl groups is 1. The molecule has 2 atom stereocenters. The van der Waals surface area contributed by atoms with E-state index in [1.807, 2.05) is 0 Å². The van der Waals surface area contributed by atoms with Gasteiger partial charge in [-0.25, -0.2) is 0 Å². The molecule has 0 spiro atoms. The molecule has 1 aromatic carbocycles. The van der Waals surface area contributed by atoms with Crippen LogP contribution in [0.3, 0.4) is 0 Å². The lowest BCUT2D eigenvalue weighted by atomic mass is 9.93. The van der Waals surface area contributed by atoms with E-state index in [4.69, 9.17) is 15.2 Å². The number of carbonyl (C=O) groups is 2. The van der Waals surface area contributed by atoms with Crippen LogP contribution in [0.4, 0.5) is 5.69 Å². The Kier molecular flexibility index (Phi) is 6.74. The van der Waals surface area contributed by atoms with Crippen LogP contribution in [0.1, 0.15) is 36.5 Å². The molecule has 0 aromatic heterocycles. The maximum atomic E-state index is 12.7.